The summed E-state index contributed by atoms with van der Waals surface area (Å²) in [5.74, 6) is 0.767. The zero-order valence-electron chi connectivity index (χ0n) is 22.7. The van der Waals surface area contributed by atoms with Gasteiger partial charge >= 0.3 is 5.97 Å². The number of nitrogens with zero attached hydrogens (tertiary/aromatic N) is 3. The molecule has 7 heteroatoms. The second-order valence-electron chi connectivity index (χ2n) is 9.55. The molecule has 1 aromatic carbocycles. The fourth-order valence-corrected chi connectivity index (χ4v) is 4.48. The molecule has 0 unspecified atom stereocenters. The number of nitrogens with one attached hydrogen (secondary N) is 1. The van der Waals surface area contributed by atoms with Crippen LogP contribution in [-0.2, 0) is 4.74 Å². The minimum absolute atomic E-state index is 0.402. The topological polar surface area (TPSA) is 93.4 Å². The number of esters is 1. The van der Waals surface area contributed by atoms with Crippen LogP contribution in [0.4, 0.5) is 23.0 Å². The van der Waals surface area contributed by atoms with E-state index < -0.39 is 5.97 Å². The molecule has 2 aromatic rings. The van der Waals surface area contributed by atoms with Crippen molar-refractivity contribution in [2.45, 2.75) is 96.8 Å². The summed E-state index contributed by atoms with van der Waals surface area (Å²) in [5.41, 5.74) is 7.99. The molecule has 1 aromatic heterocycles. The van der Waals surface area contributed by atoms with Gasteiger partial charge in [0.1, 0.15) is 12.0 Å². The summed E-state index contributed by atoms with van der Waals surface area (Å²) < 4.78 is 4.91. The molecule has 3 N–H and O–H groups in total. The van der Waals surface area contributed by atoms with Crippen LogP contribution in [0.5, 0.6) is 0 Å². The van der Waals surface area contributed by atoms with Gasteiger partial charge in [-0.2, -0.15) is 0 Å². The van der Waals surface area contributed by atoms with E-state index in [0.717, 1.165) is 13.0 Å². The second-order valence-corrected chi connectivity index (χ2v) is 9.55. The Kier molecular flexibility index (Phi) is 14.4. The monoisotopic (exact) mass is 497 g/mol. The predicted molar refractivity (Wildman–Crippen MR) is 151 cm³/mol. The largest absolute Gasteiger partial charge is 0.465 e. The molecule has 0 bridgehead atoms. The number of carbonyl (C=O) groups is 1. The average molecular weight is 498 g/mol. The number of methoxy groups -OCH3 is 1. The number of para-hydroxylation sites is 1. The minimum atomic E-state index is -0.402. The number of unbranched alkanes of at least 4 members (excludes halogenated alkanes) is 13. The maximum Gasteiger partial charge on any atom is 0.339 e. The van der Waals surface area contributed by atoms with E-state index in [1.165, 1.54) is 96.9 Å². The van der Waals surface area contributed by atoms with Crippen molar-refractivity contribution in [1.82, 2.24) is 9.97 Å². The molecule has 2 rings (SSSR count). The van der Waals surface area contributed by atoms with Gasteiger partial charge in [-0.3, -0.25) is 0 Å². The molecule has 0 amide bonds. The zero-order valence-corrected chi connectivity index (χ0v) is 22.7. The van der Waals surface area contributed by atoms with E-state index in [1.54, 1.807) is 17.0 Å². The molecule has 200 valence electrons. The molecule has 0 aliphatic carbocycles. The van der Waals surface area contributed by atoms with Gasteiger partial charge in [0.15, 0.2) is 11.6 Å². The average Bonchev–Trinajstić information content (AvgIpc) is 2.90. The van der Waals surface area contributed by atoms with E-state index in [-0.39, 0.29) is 0 Å². The third-order valence-electron chi connectivity index (χ3n) is 6.67. The Morgan fingerprint density at radius 3 is 2.03 bits per heavy atom. The van der Waals surface area contributed by atoms with E-state index in [9.17, 15) is 4.79 Å². The van der Waals surface area contributed by atoms with Crippen LogP contribution in [0.15, 0.2) is 30.6 Å². The summed E-state index contributed by atoms with van der Waals surface area (Å²) >= 11 is 0. The third-order valence-corrected chi connectivity index (χ3v) is 6.67. The van der Waals surface area contributed by atoms with Crippen molar-refractivity contribution >= 4 is 29.0 Å². The van der Waals surface area contributed by atoms with Crippen LogP contribution in [-0.4, -0.2) is 36.6 Å². The standard InChI is InChI=1S/C29H47N5O2/c1-4-5-6-7-8-9-10-11-12-13-14-15-16-19-22-31-27-26(30)28(33-23-32-27)34(2)25-21-18-17-20-24(25)29(35)36-3/h17-18,20-21,23H,4-16,19,22,30H2,1-3H3,(H,31,32,33). The van der Waals surface area contributed by atoms with Gasteiger partial charge < -0.3 is 20.7 Å². The molecule has 0 atom stereocenters. The number of carbonyl (C=O) groups excluding carboxylic acids is 1. The molecular weight excluding hydrogens is 450 g/mol. The molecule has 0 fully saturated rings. The van der Waals surface area contributed by atoms with Gasteiger partial charge in [0.05, 0.1) is 18.4 Å². The van der Waals surface area contributed by atoms with Crippen molar-refractivity contribution in [1.29, 1.82) is 0 Å². The van der Waals surface area contributed by atoms with Gasteiger partial charge in [0.2, 0.25) is 0 Å². The van der Waals surface area contributed by atoms with Gasteiger partial charge in [-0.25, -0.2) is 14.8 Å². The Balaban J connectivity index is 1.66. The third kappa shape index (κ3) is 10.0. The smallest absolute Gasteiger partial charge is 0.339 e. The number of ether oxygens (including phenoxy) is 1. The van der Waals surface area contributed by atoms with Crippen LogP contribution in [0.2, 0.25) is 0 Å². The number of rotatable bonds is 19. The number of hydrogen-bond donors (Lipinski definition) is 2. The molecule has 36 heavy (non-hydrogen) atoms. The predicted octanol–water partition coefficient (Wildman–Crippen LogP) is 7.51. The highest BCUT2D eigenvalue weighted by molar-refractivity contribution is 5.97. The van der Waals surface area contributed by atoms with Crippen LogP contribution < -0.4 is 16.0 Å². The highest BCUT2D eigenvalue weighted by Crippen LogP contribution is 2.32. The lowest BCUT2D eigenvalue weighted by molar-refractivity contribution is 0.0601. The lowest BCUT2D eigenvalue weighted by Gasteiger charge is -2.23. The molecule has 0 saturated heterocycles. The van der Waals surface area contributed by atoms with Gasteiger partial charge in [0.25, 0.3) is 0 Å². The first-order valence-electron chi connectivity index (χ1n) is 13.9. The summed E-state index contributed by atoms with van der Waals surface area (Å²) in [6.45, 7) is 3.10. The summed E-state index contributed by atoms with van der Waals surface area (Å²) in [4.78, 5) is 22.6. The van der Waals surface area contributed by atoms with E-state index in [2.05, 4.69) is 22.2 Å². The molecule has 1 heterocycles. The highest BCUT2D eigenvalue weighted by Gasteiger charge is 2.19. The van der Waals surface area contributed by atoms with Crippen LogP contribution >= 0.6 is 0 Å². The Bertz CT molecular complexity index is 890. The molecule has 0 spiro atoms. The van der Waals surface area contributed by atoms with Crippen LogP contribution in [0, 0.1) is 0 Å². The van der Waals surface area contributed by atoms with Gasteiger partial charge in [-0.1, -0.05) is 103 Å². The van der Waals surface area contributed by atoms with Gasteiger partial charge in [-0.05, 0) is 18.6 Å². The van der Waals surface area contributed by atoms with E-state index in [1.807, 2.05) is 19.2 Å². The van der Waals surface area contributed by atoms with Crippen LogP contribution in [0.3, 0.4) is 0 Å². The SMILES string of the molecule is CCCCCCCCCCCCCCCCNc1ncnc(N(C)c2ccccc2C(=O)OC)c1N. The number of anilines is 4. The summed E-state index contributed by atoms with van der Waals surface area (Å²) in [5, 5.41) is 3.36. The van der Waals surface area contributed by atoms with Gasteiger partial charge in [-0.15, -0.1) is 0 Å². The Morgan fingerprint density at radius 1 is 0.889 bits per heavy atom. The lowest BCUT2D eigenvalue weighted by atomic mass is 10.0. The van der Waals surface area contributed by atoms with Crippen molar-refractivity contribution in [3.63, 3.8) is 0 Å². The lowest BCUT2D eigenvalue weighted by Crippen LogP contribution is -2.18. The number of hydrogen-bond acceptors (Lipinski definition) is 7. The van der Waals surface area contributed by atoms with Crippen LogP contribution in [0.25, 0.3) is 0 Å². The first kappa shape index (κ1) is 29.4. The Labute approximate surface area is 218 Å². The van der Waals surface area contributed by atoms with E-state index in [0.29, 0.717) is 28.6 Å². The van der Waals surface area contributed by atoms with Crippen molar-refractivity contribution in [3.05, 3.63) is 36.2 Å². The van der Waals surface area contributed by atoms with Crippen molar-refractivity contribution in [2.75, 3.05) is 36.7 Å². The highest BCUT2D eigenvalue weighted by atomic mass is 16.5. The summed E-state index contributed by atoms with van der Waals surface area (Å²) in [6.07, 6.45) is 20.3. The summed E-state index contributed by atoms with van der Waals surface area (Å²) in [7, 11) is 3.20. The van der Waals surface area contributed by atoms with Crippen molar-refractivity contribution < 1.29 is 9.53 Å². The van der Waals surface area contributed by atoms with Gasteiger partial charge in [0, 0.05) is 13.6 Å². The molecule has 7 nitrogen and oxygen atoms in total. The quantitative estimate of drug-likeness (QED) is 0.153. The Hall–Kier alpha value is -2.83. The fraction of sp³-hybridized carbons (Fsp3) is 0.621. The molecule has 0 saturated carbocycles. The molecule has 0 aliphatic heterocycles. The van der Waals surface area contributed by atoms with E-state index >= 15 is 0 Å². The van der Waals surface area contributed by atoms with Crippen molar-refractivity contribution in [3.8, 4) is 0 Å². The van der Waals surface area contributed by atoms with E-state index in [4.69, 9.17) is 10.5 Å². The number of nitrogen functional groups attached to an aromatic ring is 1. The first-order valence-corrected chi connectivity index (χ1v) is 13.9. The maximum atomic E-state index is 12.2. The van der Waals surface area contributed by atoms with Crippen molar-refractivity contribution in [2.24, 2.45) is 0 Å². The first-order chi connectivity index (χ1) is 17.6. The Morgan fingerprint density at radius 2 is 1.44 bits per heavy atom. The number of aromatic nitrogens is 2. The fourth-order valence-electron chi connectivity index (χ4n) is 4.48. The number of nitrogens with two attached hydrogens (primary N) is 1. The maximum absolute atomic E-state index is 12.2. The van der Waals surface area contributed by atoms with Crippen LogP contribution in [0.1, 0.15) is 107 Å². The number of benzene rings is 1. The second kappa shape index (κ2) is 17.6. The zero-order chi connectivity index (χ0) is 26.0. The normalized spacial score (nSPS) is 10.9. The molecule has 0 radical (unpaired) electrons. The molecule has 0 aliphatic rings. The summed E-state index contributed by atoms with van der Waals surface area (Å²) in [6, 6.07) is 7.24. The minimum Gasteiger partial charge on any atom is -0.465 e. The molecular formula is C29H47N5O2.